The van der Waals surface area contributed by atoms with Crippen molar-refractivity contribution in [2.45, 2.75) is 38.6 Å². The van der Waals surface area contributed by atoms with E-state index in [4.69, 9.17) is 9.98 Å². The van der Waals surface area contributed by atoms with Gasteiger partial charge >= 0.3 is 0 Å². The first-order valence-electron chi connectivity index (χ1n) is 20.2. The fraction of sp³-hybridized carbons (Fsp3) is 0.111. The van der Waals surface area contributed by atoms with Crippen LogP contribution in [0.1, 0.15) is 50.1 Å². The van der Waals surface area contributed by atoms with Gasteiger partial charge < -0.3 is 4.90 Å². The topological polar surface area (TPSA) is 31.7 Å². The Morgan fingerprint density at radius 1 is 0.466 bits per heavy atom. The first kappa shape index (κ1) is 34.2. The number of fused-ring (bicyclic) bond motifs is 6. The zero-order valence-electron chi connectivity index (χ0n) is 33.1. The number of amidine groups is 1. The summed E-state index contributed by atoms with van der Waals surface area (Å²) in [6, 6.07) is 64.0. The Morgan fingerprint density at radius 2 is 1.07 bits per heavy atom. The highest BCUT2D eigenvalue weighted by molar-refractivity contribution is 6.19. The minimum atomic E-state index is -0.483. The first-order chi connectivity index (χ1) is 28.2. The summed E-state index contributed by atoms with van der Waals surface area (Å²) in [4.78, 5) is 15.1. The number of rotatable bonds is 5. The molecule has 58 heavy (non-hydrogen) atoms. The van der Waals surface area contributed by atoms with E-state index in [0.717, 1.165) is 34.2 Å². The summed E-state index contributed by atoms with van der Waals surface area (Å²) in [5.41, 5.74) is 12.1. The predicted octanol–water partition coefficient (Wildman–Crippen LogP) is 14.2. The molecule has 0 aliphatic carbocycles. The predicted molar refractivity (Wildman–Crippen MR) is 244 cm³/mol. The molecule has 4 nitrogen and oxygen atoms in total. The Bertz CT molecular complexity index is 3120. The number of hydrogen-bond acceptors (Lipinski definition) is 4. The second-order valence-electron chi connectivity index (χ2n) is 16.7. The van der Waals surface area contributed by atoms with E-state index < -0.39 is 5.54 Å². The largest absolute Gasteiger partial charge is 0.310 e. The van der Waals surface area contributed by atoms with Crippen LogP contribution in [0.3, 0.4) is 0 Å². The summed E-state index contributed by atoms with van der Waals surface area (Å²) in [6.45, 7) is 9.02. The Labute approximate surface area is 339 Å². The van der Waals surface area contributed by atoms with E-state index in [2.05, 4.69) is 213 Å². The molecule has 4 heteroatoms. The molecule has 278 valence electrons. The van der Waals surface area contributed by atoms with Crippen LogP contribution in [0.5, 0.6) is 0 Å². The lowest BCUT2D eigenvalue weighted by atomic mass is 9.72. The van der Waals surface area contributed by atoms with Gasteiger partial charge in [0.2, 0.25) is 0 Å². The number of benzene rings is 8. The van der Waals surface area contributed by atoms with Crippen molar-refractivity contribution in [1.29, 1.82) is 0 Å². The van der Waals surface area contributed by atoms with E-state index in [-0.39, 0.29) is 5.41 Å². The average molecular weight is 747 g/mol. The van der Waals surface area contributed by atoms with Gasteiger partial charge in [-0.1, -0.05) is 129 Å². The minimum absolute atomic E-state index is 0.164. The summed E-state index contributed by atoms with van der Waals surface area (Å²) in [5.74, 6) is 0.960. The SMILES string of the molecule is CC1(C)N=C(c2ccc3c(ccc4cc(-c5ccc(N(c6ccccc6)c6ccc7ccccc7c6)cc5)ccc43)c2)N2c3ccccc3C(C)(C)c3ccnc1c32. The zero-order chi connectivity index (χ0) is 39.2. The number of aliphatic imine (C=N–C) groups is 1. The summed E-state index contributed by atoms with van der Waals surface area (Å²) in [7, 11) is 0. The molecular formula is C54H42N4. The number of nitrogens with zero attached hydrogens (tertiary/aromatic N) is 4. The van der Waals surface area contributed by atoms with E-state index in [1.807, 2.05) is 6.20 Å². The molecule has 0 fully saturated rings. The highest BCUT2D eigenvalue weighted by Gasteiger charge is 2.45. The van der Waals surface area contributed by atoms with Crippen LogP contribution < -0.4 is 9.80 Å². The van der Waals surface area contributed by atoms with Crippen LogP contribution in [0.25, 0.3) is 43.4 Å². The van der Waals surface area contributed by atoms with Crippen LogP contribution in [-0.2, 0) is 11.0 Å². The number of hydrogen-bond donors (Lipinski definition) is 0. The Hall–Kier alpha value is -7.04. The number of anilines is 5. The molecule has 0 N–H and O–H groups in total. The molecule has 11 rings (SSSR count). The van der Waals surface area contributed by atoms with Gasteiger partial charge in [0, 0.05) is 34.2 Å². The average Bonchev–Trinajstić information content (AvgIpc) is 3.26. The van der Waals surface area contributed by atoms with Crippen molar-refractivity contribution < 1.29 is 0 Å². The van der Waals surface area contributed by atoms with Gasteiger partial charge in [-0.15, -0.1) is 0 Å². The molecule has 0 bridgehead atoms. The minimum Gasteiger partial charge on any atom is -0.310 e. The highest BCUT2D eigenvalue weighted by Crippen LogP contribution is 2.54. The smallest absolute Gasteiger partial charge is 0.141 e. The molecule has 0 saturated heterocycles. The van der Waals surface area contributed by atoms with E-state index in [1.165, 1.54) is 65.9 Å². The lowest BCUT2D eigenvalue weighted by molar-refractivity contribution is 0.523. The maximum absolute atomic E-state index is 5.45. The van der Waals surface area contributed by atoms with Crippen LogP contribution in [0.15, 0.2) is 187 Å². The number of pyridine rings is 1. The molecule has 0 radical (unpaired) electrons. The van der Waals surface area contributed by atoms with Gasteiger partial charge in [-0.2, -0.15) is 0 Å². The molecule has 9 aromatic rings. The lowest BCUT2D eigenvalue weighted by Crippen LogP contribution is -2.43. The van der Waals surface area contributed by atoms with Crippen molar-refractivity contribution in [3.8, 4) is 11.1 Å². The molecule has 0 atom stereocenters. The van der Waals surface area contributed by atoms with Crippen molar-refractivity contribution in [1.82, 2.24) is 4.98 Å². The van der Waals surface area contributed by atoms with Crippen molar-refractivity contribution in [2.24, 2.45) is 4.99 Å². The standard InChI is InChI=1S/C54H42N4/c1-53(2)47-16-10-11-17-49(47)58-50-48(53)30-31-55-51(50)54(3,4)56-52(58)41-24-29-46-40(33-41)19-18-39-32-38(23-28-45(39)46)36-20-25-43(26-21-36)57(42-14-6-5-7-15-42)44-27-22-35-12-8-9-13-37(35)34-44/h5-34H,1-4H3. The van der Waals surface area contributed by atoms with Gasteiger partial charge in [0.15, 0.2) is 0 Å². The van der Waals surface area contributed by atoms with Crippen molar-refractivity contribution in [3.05, 3.63) is 205 Å². The summed E-state index contributed by atoms with van der Waals surface area (Å²) >= 11 is 0. The second kappa shape index (κ2) is 12.7. The van der Waals surface area contributed by atoms with Gasteiger partial charge in [0.05, 0.1) is 17.1 Å². The summed E-state index contributed by atoms with van der Waals surface area (Å²) in [5, 5.41) is 7.35. The number of para-hydroxylation sites is 2. The molecule has 1 aromatic heterocycles. The quantitative estimate of drug-likeness (QED) is 0.164. The number of aromatic nitrogens is 1. The first-order valence-corrected chi connectivity index (χ1v) is 20.2. The molecule has 0 spiro atoms. The van der Waals surface area contributed by atoms with Crippen molar-refractivity contribution in [2.75, 3.05) is 9.80 Å². The molecular weight excluding hydrogens is 705 g/mol. The van der Waals surface area contributed by atoms with Crippen molar-refractivity contribution >= 4 is 66.6 Å². The molecule has 0 unspecified atom stereocenters. The normalized spacial score (nSPS) is 14.9. The zero-order valence-corrected chi connectivity index (χ0v) is 33.1. The van der Waals surface area contributed by atoms with Crippen LogP contribution in [0, 0.1) is 0 Å². The van der Waals surface area contributed by atoms with E-state index in [0.29, 0.717) is 0 Å². The molecule has 3 heterocycles. The lowest BCUT2D eigenvalue weighted by Gasteiger charge is -2.46. The Balaban J connectivity index is 0.950. The maximum Gasteiger partial charge on any atom is 0.141 e. The van der Waals surface area contributed by atoms with Crippen LogP contribution in [0.4, 0.5) is 28.4 Å². The van der Waals surface area contributed by atoms with Gasteiger partial charge in [-0.05, 0) is 129 Å². The Morgan fingerprint density at radius 3 is 1.84 bits per heavy atom. The van der Waals surface area contributed by atoms with E-state index >= 15 is 0 Å². The molecule has 2 aliphatic rings. The van der Waals surface area contributed by atoms with Gasteiger partial charge in [-0.3, -0.25) is 14.9 Å². The summed E-state index contributed by atoms with van der Waals surface area (Å²) < 4.78 is 0. The van der Waals surface area contributed by atoms with Gasteiger partial charge in [0.25, 0.3) is 0 Å². The second-order valence-corrected chi connectivity index (χ2v) is 16.7. The molecule has 0 saturated carbocycles. The van der Waals surface area contributed by atoms with Crippen LogP contribution in [-0.4, -0.2) is 10.8 Å². The van der Waals surface area contributed by atoms with E-state index in [1.54, 1.807) is 0 Å². The van der Waals surface area contributed by atoms with E-state index in [9.17, 15) is 0 Å². The molecule has 8 aromatic carbocycles. The van der Waals surface area contributed by atoms with Crippen LogP contribution in [0.2, 0.25) is 0 Å². The third-order valence-electron chi connectivity index (χ3n) is 12.4. The summed E-state index contributed by atoms with van der Waals surface area (Å²) in [6.07, 6.45) is 1.96. The fourth-order valence-corrected chi connectivity index (χ4v) is 9.41. The fourth-order valence-electron chi connectivity index (χ4n) is 9.41. The Kier molecular flexibility index (Phi) is 7.52. The third-order valence-corrected chi connectivity index (χ3v) is 12.4. The maximum atomic E-state index is 5.45. The third kappa shape index (κ3) is 5.29. The van der Waals surface area contributed by atoms with Crippen molar-refractivity contribution in [3.63, 3.8) is 0 Å². The van der Waals surface area contributed by atoms with Crippen LogP contribution >= 0.6 is 0 Å². The van der Waals surface area contributed by atoms with Gasteiger partial charge in [0.1, 0.15) is 11.4 Å². The highest BCUT2D eigenvalue weighted by atomic mass is 15.3. The van der Waals surface area contributed by atoms with Gasteiger partial charge in [-0.25, -0.2) is 0 Å². The molecule has 0 amide bonds. The monoisotopic (exact) mass is 746 g/mol. The molecule has 2 aliphatic heterocycles.